The number of aliphatic hydroxyl groups is 1. The van der Waals surface area contributed by atoms with Gasteiger partial charge in [0.1, 0.15) is 6.73 Å². The van der Waals surface area contributed by atoms with Crippen molar-refractivity contribution >= 4 is 23.0 Å². The van der Waals surface area contributed by atoms with E-state index < -0.39 is 0 Å². The highest BCUT2D eigenvalue weighted by atomic mass is 32.1. The van der Waals surface area contributed by atoms with Gasteiger partial charge in [0.05, 0.1) is 0 Å². The maximum Gasteiger partial charge on any atom is 0.172 e. The van der Waals surface area contributed by atoms with Crippen molar-refractivity contribution in [1.82, 2.24) is 5.32 Å². The van der Waals surface area contributed by atoms with Crippen LogP contribution in [0.4, 0.5) is 5.69 Å². The molecule has 0 amide bonds. The quantitative estimate of drug-likeness (QED) is 0.492. The molecule has 0 aliphatic rings. The largest absolute Gasteiger partial charge is 0.377 e. The molecule has 3 N–H and O–H groups in total. The lowest BCUT2D eigenvalue weighted by Crippen LogP contribution is -2.28. The van der Waals surface area contributed by atoms with Gasteiger partial charge >= 0.3 is 0 Å². The highest BCUT2D eigenvalue weighted by Crippen LogP contribution is 2.07. The van der Waals surface area contributed by atoms with E-state index in [-0.39, 0.29) is 6.73 Å². The van der Waals surface area contributed by atoms with Gasteiger partial charge in [-0.3, -0.25) is 0 Å². The van der Waals surface area contributed by atoms with Gasteiger partial charge in [0.2, 0.25) is 0 Å². The number of anilines is 1. The molecule has 70 valence electrons. The molecule has 0 unspecified atom stereocenters. The second kappa shape index (κ2) is 4.79. The first-order valence-corrected chi connectivity index (χ1v) is 4.35. The summed E-state index contributed by atoms with van der Waals surface area (Å²) in [6.07, 6.45) is 0. The molecule has 0 bridgehead atoms. The maximum atomic E-state index is 8.52. The van der Waals surface area contributed by atoms with Crippen LogP contribution < -0.4 is 10.6 Å². The van der Waals surface area contributed by atoms with Crippen LogP contribution in [0.1, 0.15) is 5.56 Å². The second-order valence-electron chi connectivity index (χ2n) is 2.66. The fraction of sp³-hybridized carbons (Fsp3) is 0.222. The van der Waals surface area contributed by atoms with Crippen molar-refractivity contribution in [3.05, 3.63) is 29.8 Å². The second-order valence-corrected chi connectivity index (χ2v) is 3.06. The van der Waals surface area contributed by atoms with Gasteiger partial charge < -0.3 is 15.7 Å². The van der Waals surface area contributed by atoms with E-state index in [9.17, 15) is 0 Å². The van der Waals surface area contributed by atoms with Crippen molar-refractivity contribution in [2.45, 2.75) is 6.92 Å². The molecule has 0 fully saturated rings. The van der Waals surface area contributed by atoms with Gasteiger partial charge in [-0.15, -0.1) is 0 Å². The summed E-state index contributed by atoms with van der Waals surface area (Å²) in [7, 11) is 0. The lowest BCUT2D eigenvalue weighted by Gasteiger charge is -2.07. The smallest absolute Gasteiger partial charge is 0.172 e. The number of benzene rings is 1. The zero-order chi connectivity index (χ0) is 9.68. The fourth-order valence-corrected chi connectivity index (χ4v) is 1.07. The first-order valence-electron chi connectivity index (χ1n) is 3.95. The molecule has 0 atom stereocenters. The summed E-state index contributed by atoms with van der Waals surface area (Å²) in [6.45, 7) is 1.87. The van der Waals surface area contributed by atoms with Gasteiger partial charge in [-0.05, 0) is 31.3 Å². The van der Waals surface area contributed by atoms with Gasteiger partial charge in [0.25, 0.3) is 0 Å². The molecule has 3 nitrogen and oxygen atoms in total. The Kier molecular flexibility index (Phi) is 3.67. The number of nitrogens with one attached hydrogen (secondary N) is 2. The molecule has 1 aromatic rings. The van der Waals surface area contributed by atoms with Crippen LogP contribution in [0.15, 0.2) is 24.3 Å². The SMILES string of the molecule is Cc1ccc(NC(=S)NCO)cc1. The Morgan fingerprint density at radius 1 is 1.38 bits per heavy atom. The highest BCUT2D eigenvalue weighted by Gasteiger charge is 1.94. The third-order valence-corrected chi connectivity index (χ3v) is 1.80. The van der Waals surface area contributed by atoms with Crippen LogP contribution in [-0.4, -0.2) is 16.9 Å². The summed E-state index contributed by atoms with van der Waals surface area (Å²) in [5.74, 6) is 0. The van der Waals surface area contributed by atoms with Crippen molar-refractivity contribution in [2.24, 2.45) is 0 Å². The molecule has 0 spiro atoms. The van der Waals surface area contributed by atoms with Gasteiger partial charge in [-0.2, -0.15) is 0 Å². The Hall–Kier alpha value is -1.13. The predicted octanol–water partition coefficient (Wildman–Crippen LogP) is 1.23. The number of rotatable bonds is 2. The van der Waals surface area contributed by atoms with Gasteiger partial charge in [-0.1, -0.05) is 17.7 Å². The van der Waals surface area contributed by atoms with E-state index in [1.165, 1.54) is 5.56 Å². The fourth-order valence-electron chi connectivity index (χ4n) is 0.884. The molecule has 0 aromatic heterocycles. The lowest BCUT2D eigenvalue weighted by molar-refractivity contribution is 0.287. The standard InChI is InChI=1S/C9H12N2OS/c1-7-2-4-8(5-3-7)11-9(13)10-6-12/h2-5,12H,6H2,1H3,(H2,10,11,13). The number of aliphatic hydroxyl groups excluding tert-OH is 1. The summed E-state index contributed by atoms with van der Waals surface area (Å²) >= 11 is 4.89. The van der Waals surface area contributed by atoms with E-state index >= 15 is 0 Å². The van der Waals surface area contributed by atoms with Crippen LogP contribution in [0, 0.1) is 6.92 Å². The Morgan fingerprint density at radius 2 is 2.00 bits per heavy atom. The summed E-state index contributed by atoms with van der Waals surface area (Å²) in [6, 6.07) is 7.84. The zero-order valence-corrected chi connectivity index (χ0v) is 8.19. The minimum atomic E-state index is -0.155. The molecule has 1 aromatic carbocycles. The maximum absolute atomic E-state index is 8.52. The van der Waals surface area contributed by atoms with Crippen molar-refractivity contribution in [3.8, 4) is 0 Å². The van der Waals surface area contributed by atoms with Gasteiger partial charge in [-0.25, -0.2) is 0 Å². The Morgan fingerprint density at radius 3 is 2.54 bits per heavy atom. The lowest BCUT2D eigenvalue weighted by atomic mass is 10.2. The number of thiocarbonyl (C=S) groups is 1. The van der Waals surface area contributed by atoms with Crippen LogP contribution in [0.2, 0.25) is 0 Å². The van der Waals surface area contributed by atoms with E-state index in [1.807, 2.05) is 31.2 Å². The average molecular weight is 196 g/mol. The first kappa shape index (κ1) is 9.95. The first-order chi connectivity index (χ1) is 6.22. The molecule has 0 heterocycles. The van der Waals surface area contributed by atoms with E-state index in [1.54, 1.807) is 0 Å². The highest BCUT2D eigenvalue weighted by molar-refractivity contribution is 7.80. The Labute approximate surface area is 82.8 Å². The third-order valence-electron chi connectivity index (χ3n) is 1.55. The molecule has 0 saturated carbocycles. The van der Waals surface area contributed by atoms with Crippen LogP contribution in [0.5, 0.6) is 0 Å². The molecule has 0 aliphatic heterocycles. The third kappa shape index (κ3) is 3.40. The molecular weight excluding hydrogens is 184 g/mol. The minimum absolute atomic E-state index is 0.155. The summed E-state index contributed by atoms with van der Waals surface area (Å²) < 4.78 is 0. The minimum Gasteiger partial charge on any atom is -0.377 e. The molecule has 0 aliphatic carbocycles. The molecule has 4 heteroatoms. The van der Waals surface area contributed by atoms with E-state index in [2.05, 4.69) is 10.6 Å². The van der Waals surface area contributed by atoms with Crippen LogP contribution in [0.25, 0.3) is 0 Å². The molecular formula is C9H12N2OS. The van der Waals surface area contributed by atoms with Crippen molar-refractivity contribution in [3.63, 3.8) is 0 Å². The van der Waals surface area contributed by atoms with Gasteiger partial charge in [0, 0.05) is 5.69 Å². The monoisotopic (exact) mass is 196 g/mol. The topological polar surface area (TPSA) is 44.3 Å². The van der Waals surface area contributed by atoms with Crippen LogP contribution >= 0.6 is 12.2 Å². The summed E-state index contributed by atoms with van der Waals surface area (Å²) in [5, 5.41) is 14.5. The van der Waals surface area contributed by atoms with Crippen molar-refractivity contribution in [1.29, 1.82) is 0 Å². The number of aryl methyl sites for hydroxylation is 1. The molecule has 1 rings (SSSR count). The molecule has 0 saturated heterocycles. The predicted molar refractivity (Wildman–Crippen MR) is 57.6 cm³/mol. The number of hydrogen-bond acceptors (Lipinski definition) is 2. The average Bonchev–Trinajstić information content (AvgIpc) is 2.09. The van der Waals surface area contributed by atoms with E-state index in [0.717, 1.165) is 5.69 Å². The van der Waals surface area contributed by atoms with E-state index in [4.69, 9.17) is 17.3 Å². The molecule has 13 heavy (non-hydrogen) atoms. The van der Waals surface area contributed by atoms with Crippen molar-refractivity contribution < 1.29 is 5.11 Å². The Bertz CT molecular complexity index is 284. The number of hydrogen-bond donors (Lipinski definition) is 3. The van der Waals surface area contributed by atoms with Crippen LogP contribution in [-0.2, 0) is 0 Å². The van der Waals surface area contributed by atoms with E-state index in [0.29, 0.717) is 5.11 Å². The zero-order valence-electron chi connectivity index (χ0n) is 7.37. The van der Waals surface area contributed by atoms with Gasteiger partial charge in [0.15, 0.2) is 5.11 Å². The van der Waals surface area contributed by atoms with Crippen molar-refractivity contribution in [2.75, 3.05) is 12.0 Å². The van der Waals surface area contributed by atoms with Crippen LogP contribution in [0.3, 0.4) is 0 Å². The summed E-state index contributed by atoms with van der Waals surface area (Å²) in [4.78, 5) is 0. The normalized spacial score (nSPS) is 9.38. The Balaban J connectivity index is 2.54. The molecule has 0 radical (unpaired) electrons. The summed E-state index contributed by atoms with van der Waals surface area (Å²) in [5.41, 5.74) is 2.11.